The summed E-state index contributed by atoms with van der Waals surface area (Å²) in [4.78, 5) is 26.5. The average molecular weight is 362 g/mol. The maximum atomic E-state index is 12.9. The normalized spacial score (nSPS) is 10.4. The van der Waals surface area contributed by atoms with Crippen LogP contribution in [0, 0.1) is 6.92 Å². The molecule has 138 valence electrons. The van der Waals surface area contributed by atoms with E-state index in [1.807, 2.05) is 61.5 Å². The van der Waals surface area contributed by atoms with Crippen molar-refractivity contribution in [1.29, 1.82) is 0 Å². The van der Waals surface area contributed by atoms with Gasteiger partial charge in [0.1, 0.15) is 0 Å². The molecule has 0 unspecified atom stereocenters. The van der Waals surface area contributed by atoms with Crippen LogP contribution < -0.4 is 10.2 Å². The Morgan fingerprint density at radius 2 is 1.70 bits per heavy atom. The fourth-order valence-corrected chi connectivity index (χ4v) is 2.73. The number of amides is 2. The average Bonchev–Trinajstić information content (AvgIpc) is 3.22. The van der Waals surface area contributed by atoms with Crippen LogP contribution >= 0.6 is 0 Å². The van der Waals surface area contributed by atoms with Crippen LogP contribution in [-0.2, 0) is 11.3 Å². The quantitative estimate of drug-likeness (QED) is 0.692. The van der Waals surface area contributed by atoms with Gasteiger partial charge in [0.2, 0.25) is 5.91 Å². The summed E-state index contributed by atoms with van der Waals surface area (Å²) in [6, 6.07) is 20.9. The van der Waals surface area contributed by atoms with Crippen molar-refractivity contribution in [3.63, 3.8) is 0 Å². The zero-order chi connectivity index (χ0) is 19.1. The van der Waals surface area contributed by atoms with Crippen molar-refractivity contribution in [2.75, 3.05) is 11.4 Å². The predicted octanol–water partition coefficient (Wildman–Crippen LogP) is 3.94. The van der Waals surface area contributed by atoms with Crippen LogP contribution in [0.1, 0.15) is 28.1 Å². The first-order valence-corrected chi connectivity index (χ1v) is 8.86. The maximum absolute atomic E-state index is 12.9. The Labute approximate surface area is 158 Å². The second-order valence-corrected chi connectivity index (χ2v) is 6.28. The number of rotatable bonds is 7. The molecule has 2 amide bonds. The first kappa shape index (κ1) is 18.5. The van der Waals surface area contributed by atoms with E-state index in [0.717, 1.165) is 16.8 Å². The molecule has 1 heterocycles. The number of benzene rings is 2. The number of nitrogens with one attached hydrogen (secondary N) is 1. The molecule has 0 radical (unpaired) electrons. The van der Waals surface area contributed by atoms with Crippen LogP contribution in [0.25, 0.3) is 0 Å². The summed E-state index contributed by atoms with van der Waals surface area (Å²) in [6.45, 7) is 2.74. The molecule has 2 aromatic carbocycles. The van der Waals surface area contributed by atoms with E-state index in [1.165, 1.54) is 6.26 Å². The molecular formula is C22H22N2O3. The molecule has 0 saturated heterocycles. The SMILES string of the molecule is Cc1ccc(N(Cc2ccccc2)C(=O)CCNC(=O)c2ccco2)cc1. The Morgan fingerprint density at radius 3 is 2.37 bits per heavy atom. The highest BCUT2D eigenvalue weighted by molar-refractivity contribution is 5.94. The highest BCUT2D eigenvalue weighted by Crippen LogP contribution is 2.19. The van der Waals surface area contributed by atoms with E-state index in [1.54, 1.807) is 17.0 Å². The number of hydrogen-bond acceptors (Lipinski definition) is 3. The summed E-state index contributed by atoms with van der Waals surface area (Å²) in [5.41, 5.74) is 3.02. The lowest BCUT2D eigenvalue weighted by Gasteiger charge is -2.23. The zero-order valence-electron chi connectivity index (χ0n) is 15.2. The molecule has 0 fully saturated rings. The van der Waals surface area contributed by atoms with Gasteiger partial charge in [-0.2, -0.15) is 0 Å². The molecule has 3 rings (SSSR count). The molecule has 3 aromatic rings. The van der Waals surface area contributed by atoms with Crippen LogP contribution in [0.4, 0.5) is 5.69 Å². The van der Waals surface area contributed by atoms with Crippen molar-refractivity contribution in [2.24, 2.45) is 0 Å². The summed E-state index contributed by atoms with van der Waals surface area (Å²) < 4.78 is 5.05. The van der Waals surface area contributed by atoms with Gasteiger partial charge in [-0.05, 0) is 36.8 Å². The van der Waals surface area contributed by atoms with Gasteiger partial charge in [0.05, 0.1) is 12.8 Å². The van der Waals surface area contributed by atoms with Gasteiger partial charge in [-0.3, -0.25) is 9.59 Å². The van der Waals surface area contributed by atoms with Gasteiger partial charge >= 0.3 is 0 Å². The fraction of sp³-hybridized carbons (Fsp3) is 0.182. The lowest BCUT2D eigenvalue weighted by molar-refractivity contribution is -0.118. The van der Waals surface area contributed by atoms with Gasteiger partial charge in [0, 0.05) is 18.7 Å². The topological polar surface area (TPSA) is 62.6 Å². The summed E-state index contributed by atoms with van der Waals surface area (Å²) in [5, 5.41) is 2.72. The Hall–Kier alpha value is -3.34. The molecule has 0 spiro atoms. The minimum atomic E-state index is -0.322. The van der Waals surface area contributed by atoms with Crippen molar-refractivity contribution >= 4 is 17.5 Å². The molecular weight excluding hydrogens is 340 g/mol. The smallest absolute Gasteiger partial charge is 0.286 e. The number of hydrogen-bond donors (Lipinski definition) is 1. The first-order chi connectivity index (χ1) is 13.1. The molecule has 0 aliphatic heterocycles. The third-order valence-electron chi connectivity index (χ3n) is 4.20. The Bertz CT molecular complexity index is 872. The van der Waals surface area contributed by atoms with Gasteiger partial charge in [-0.1, -0.05) is 48.0 Å². The Morgan fingerprint density at radius 1 is 0.963 bits per heavy atom. The van der Waals surface area contributed by atoms with Gasteiger partial charge < -0.3 is 14.6 Å². The van der Waals surface area contributed by atoms with E-state index in [9.17, 15) is 9.59 Å². The predicted molar refractivity (Wildman–Crippen MR) is 104 cm³/mol. The Balaban J connectivity index is 1.66. The zero-order valence-corrected chi connectivity index (χ0v) is 15.2. The molecule has 1 aromatic heterocycles. The highest BCUT2D eigenvalue weighted by Gasteiger charge is 2.17. The summed E-state index contributed by atoms with van der Waals surface area (Å²) in [6.07, 6.45) is 1.65. The second kappa shape index (κ2) is 8.85. The van der Waals surface area contributed by atoms with Crippen molar-refractivity contribution in [3.8, 4) is 0 Å². The largest absolute Gasteiger partial charge is 0.459 e. The molecule has 0 saturated carbocycles. The van der Waals surface area contributed by atoms with Crippen LogP contribution in [-0.4, -0.2) is 18.4 Å². The third-order valence-corrected chi connectivity index (χ3v) is 4.20. The maximum Gasteiger partial charge on any atom is 0.286 e. The van der Waals surface area contributed by atoms with Gasteiger partial charge in [0.15, 0.2) is 5.76 Å². The fourth-order valence-electron chi connectivity index (χ4n) is 2.73. The molecule has 5 heteroatoms. The number of carbonyl (C=O) groups is 2. The van der Waals surface area contributed by atoms with Crippen molar-refractivity contribution < 1.29 is 14.0 Å². The van der Waals surface area contributed by atoms with Crippen LogP contribution in [0.2, 0.25) is 0 Å². The van der Waals surface area contributed by atoms with E-state index in [2.05, 4.69) is 5.32 Å². The third kappa shape index (κ3) is 5.07. The second-order valence-electron chi connectivity index (χ2n) is 6.28. The monoisotopic (exact) mass is 362 g/mol. The van der Waals surface area contributed by atoms with E-state index in [-0.39, 0.29) is 30.5 Å². The number of aryl methyl sites for hydroxylation is 1. The van der Waals surface area contributed by atoms with Crippen LogP contribution in [0.15, 0.2) is 77.4 Å². The number of nitrogens with zero attached hydrogens (tertiary/aromatic N) is 1. The molecule has 0 aliphatic carbocycles. The minimum Gasteiger partial charge on any atom is -0.459 e. The number of furan rings is 1. The van der Waals surface area contributed by atoms with Crippen molar-refractivity contribution in [3.05, 3.63) is 89.9 Å². The molecule has 0 aliphatic rings. The summed E-state index contributed by atoms with van der Waals surface area (Å²) in [5.74, 6) is -0.137. The summed E-state index contributed by atoms with van der Waals surface area (Å²) in [7, 11) is 0. The summed E-state index contributed by atoms with van der Waals surface area (Å²) >= 11 is 0. The lowest BCUT2D eigenvalue weighted by atomic mass is 10.1. The van der Waals surface area contributed by atoms with Gasteiger partial charge in [-0.25, -0.2) is 0 Å². The van der Waals surface area contributed by atoms with Crippen molar-refractivity contribution in [1.82, 2.24) is 5.32 Å². The molecule has 0 atom stereocenters. The standard InChI is InChI=1S/C22H22N2O3/c1-17-9-11-19(12-10-17)24(16-18-6-3-2-4-7-18)21(25)13-14-23-22(26)20-8-5-15-27-20/h2-12,15H,13-14,16H2,1H3,(H,23,26). The molecule has 0 bridgehead atoms. The lowest BCUT2D eigenvalue weighted by Crippen LogP contribution is -2.34. The minimum absolute atomic E-state index is 0.0533. The van der Waals surface area contributed by atoms with Crippen LogP contribution in [0.5, 0.6) is 0 Å². The van der Waals surface area contributed by atoms with E-state index in [4.69, 9.17) is 4.42 Å². The van der Waals surface area contributed by atoms with Gasteiger partial charge in [0.25, 0.3) is 5.91 Å². The molecule has 1 N–H and O–H groups in total. The van der Waals surface area contributed by atoms with Crippen LogP contribution in [0.3, 0.4) is 0 Å². The Kier molecular flexibility index (Phi) is 6.05. The van der Waals surface area contributed by atoms with E-state index >= 15 is 0 Å². The van der Waals surface area contributed by atoms with E-state index < -0.39 is 0 Å². The molecule has 5 nitrogen and oxygen atoms in total. The number of carbonyl (C=O) groups excluding carboxylic acids is 2. The van der Waals surface area contributed by atoms with Crippen molar-refractivity contribution in [2.45, 2.75) is 19.9 Å². The number of anilines is 1. The highest BCUT2D eigenvalue weighted by atomic mass is 16.3. The van der Waals surface area contributed by atoms with E-state index in [0.29, 0.717) is 6.54 Å². The molecule has 27 heavy (non-hydrogen) atoms. The van der Waals surface area contributed by atoms with Gasteiger partial charge in [-0.15, -0.1) is 0 Å². The first-order valence-electron chi connectivity index (χ1n) is 8.86.